The van der Waals surface area contributed by atoms with Crippen LogP contribution in [0.5, 0.6) is 0 Å². The van der Waals surface area contributed by atoms with E-state index in [1.54, 1.807) is 0 Å². The maximum atomic E-state index is 5.17. The molecule has 0 atom stereocenters. The van der Waals surface area contributed by atoms with Gasteiger partial charge in [-0.25, -0.2) is 4.98 Å². The average molecular weight is 224 g/mol. The van der Waals surface area contributed by atoms with E-state index in [4.69, 9.17) is 4.42 Å². The van der Waals surface area contributed by atoms with Crippen molar-refractivity contribution in [2.45, 2.75) is 13.3 Å². The molecule has 0 saturated carbocycles. The number of benzene rings is 1. The predicted octanol–water partition coefficient (Wildman–Crippen LogP) is 3.45. The summed E-state index contributed by atoms with van der Waals surface area (Å²) in [6, 6.07) is 12.3. The predicted molar refractivity (Wildman–Crippen MR) is 66.6 cm³/mol. The van der Waals surface area contributed by atoms with Gasteiger partial charge in [0, 0.05) is 5.56 Å². The Balaban J connectivity index is 2.06. The molecule has 0 fully saturated rings. The van der Waals surface area contributed by atoms with Crippen LogP contribution >= 0.6 is 0 Å². The molecule has 0 saturated heterocycles. The summed E-state index contributed by atoms with van der Waals surface area (Å²) < 4.78 is 5.17. The molecule has 0 amide bonds. The zero-order valence-electron chi connectivity index (χ0n) is 9.55. The molecule has 0 aliphatic carbocycles. The van der Waals surface area contributed by atoms with Gasteiger partial charge in [0.2, 0.25) is 0 Å². The highest BCUT2D eigenvalue weighted by molar-refractivity contribution is 5.72. The van der Waals surface area contributed by atoms with Crippen LogP contribution in [-0.4, -0.2) is 9.97 Å². The number of oxazole rings is 1. The normalized spacial score (nSPS) is 10.9. The summed E-state index contributed by atoms with van der Waals surface area (Å²) in [7, 11) is 0. The molecular formula is C14H12N2O. The molecule has 2 heterocycles. The molecule has 2 aromatic heterocycles. The van der Waals surface area contributed by atoms with Crippen LogP contribution in [0, 0.1) is 0 Å². The summed E-state index contributed by atoms with van der Waals surface area (Å²) >= 11 is 0. The lowest BCUT2D eigenvalue weighted by atomic mass is 10.1. The molecule has 1 aromatic carbocycles. The van der Waals surface area contributed by atoms with E-state index < -0.39 is 0 Å². The quantitative estimate of drug-likeness (QED) is 0.669. The molecule has 0 spiro atoms. The molecule has 17 heavy (non-hydrogen) atoms. The molecule has 3 heteroatoms. The van der Waals surface area contributed by atoms with Gasteiger partial charge >= 0.3 is 0 Å². The fourth-order valence-electron chi connectivity index (χ4n) is 1.83. The third-order valence-corrected chi connectivity index (χ3v) is 2.85. The first-order valence-corrected chi connectivity index (χ1v) is 5.66. The van der Waals surface area contributed by atoms with Crippen LogP contribution in [0.1, 0.15) is 12.5 Å². The number of aromatic nitrogens is 2. The first-order valence-electron chi connectivity index (χ1n) is 5.66. The second kappa shape index (κ2) is 4.01. The van der Waals surface area contributed by atoms with Crippen molar-refractivity contribution in [1.82, 2.24) is 9.97 Å². The van der Waals surface area contributed by atoms with Gasteiger partial charge in [-0.05, 0) is 24.1 Å². The second-order valence-corrected chi connectivity index (χ2v) is 3.92. The first-order chi connectivity index (χ1) is 8.36. The van der Waals surface area contributed by atoms with Gasteiger partial charge in [0.15, 0.2) is 17.6 Å². The van der Waals surface area contributed by atoms with E-state index in [0.29, 0.717) is 5.65 Å². The largest absolute Gasteiger partial charge is 0.442 e. The summed E-state index contributed by atoms with van der Waals surface area (Å²) in [5.74, 6) is 0. The zero-order valence-corrected chi connectivity index (χ0v) is 9.55. The van der Waals surface area contributed by atoms with Gasteiger partial charge < -0.3 is 4.42 Å². The zero-order chi connectivity index (χ0) is 11.7. The van der Waals surface area contributed by atoms with Crippen LogP contribution in [0.3, 0.4) is 0 Å². The minimum absolute atomic E-state index is 0.655. The second-order valence-electron chi connectivity index (χ2n) is 3.92. The SMILES string of the molecule is CCc1ccc(-c2ccc3ocnc3n2)cc1. The number of aryl methyl sites for hydroxylation is 1. The Kier molecular flexibility index (Phi) is 2.37. The van der Waals surface area contributed by atoms with Crippen molar-refractivity contribution in [2.75, 3.05) is 0 Å². The topological polar surface area (TPSA) is 38.9 Å². The number of nitrogens with zero attached hydrogens (tertiary/aromatic N) is 2. The van der Waals surface area contributed by atoms with E-state index in [2.05, 4.69) is 41.2 Å². The van der Waals surface area contributed by atoms with E-state index in [-0.39, 0.29) is 0 Å². The number of rotatable bonds is 2. The van der Waals surface area contributed by atoms with E-state index in [0.717, 1.165) is 23.3 Å². The van der Waals surface area contributed by atoms with Crippen LogP contribution in [0.15, 0.2) is 47.2 Å². The monoisotopic (exact) mass is 224 g/mol. The number of hydrogen-bond acceptors (Lipinski definition) is 3. The van der Waals surface area contributed by atoms with Crippen molar-refractivity contribution >= 4 is 11.2 Å². The van der Waals surface area contributed by atoms with Crippen LogP contribution in [0.4, 0.5) is 0 Å². The average Bonchev–Trinajstić information content (AvgIpc) is 2.86. The first kappa shape index (κ1) is 10.0. The van der Waals surface area contributed by atoms with Gasteiger partial charge in [-0.1, -0.05) is 31.2 Å². The lowest BCUT2D eigenvalue weighted by Crippen LogP contribution is -1.85. The van der Waals surface area contributed by atoms with Crippen LogP contribution in [0.25, 0.3) is 22.5 Å². The number of fused-ring (bicyclic) bond motifs is 1. The standard InChI is InChI=1S/C14H12N2O/c1-2-10-3-5-11(6-4-10)12-7-8-13-14(16-12)15-9-17-13/h3-9H,2H2,1H3. The number of hydrogen-bond donors (Lipinski definition) is 0. The molecule has 0 aliphatic heterocycles. The molecule has 0 unspecified atom stereocenters. The van der Waals surface area contributed by atoms with Crippen LogP contribution in [-0.2, 0) is 6.42 Å². The summed E-state index contributed by atoms with van der Waals surface area (Å²) in [5.41, 5.74) is 4.73. The Hall–Kier alpha value is -2.16. The highest BCUT2D eigenvalue weighted by Gasteiger charge is 2.03. The summed E-state index contributed by atoms with van der Waals surface area (Å²) in [5, 5.41) is 0. The molecule has 84 valence electrons. The minimum Gasteiger partial charge on any atom is -0.442 e. The summed E-state index contributed by atoms with van der Waals surface area (Å²) in [4.78, 5) is 8.52. The molecule has 0 radical (unpaired) electrons. The molecular weight excluding hydrogens is 212 g/mol. The third kappa shape index (κ3) is 1.80. The van der Waals surface area contributed by atoms with Crippen molar-refractivity contribution in [3.63, 3.8) is 0 Å². The molecule has 0 N–H and O–H groups in total. The molecule has 0 aliphatic rings. The van der Waals surface area contributed by atoms with E-state index in [1.165, 1.54) is 12.0 Å². The van der Waals surface area contributed by atoms with Gasteiger partial charge in [0.25, 0.3) is 0 Å². The van der Waals surface area contributed by atoms with E-state index in [9.17, 15) is 0 Å². The molecule has 3 aromatic rings. The van der Waals surface area contributed by atoms with Crippen molar-refractivity contribution < 1.29 is 4.42 Å². The fourth-order valence-corrected chi connectivity index (χ4v) is 1.83. The minimum atomic E-state index is 0.655. The highest BCUT2D eigenvalue weighted by Crippen LogP contribution is 2.20. The molecule has 3 nitrogen and oxygen atoms in total. The Morgan fingerprint density at radius 1 is 1.06 bits per heavy atom. The van der Waals surface area contributed by atoms with Gasteiger partial charge in [-0.15, -0.1) is 0 Å². The lowest BCUT2D eigenvalue weighted by Gasteiger charge is -2.01. The van der Waals surface area contributed by atoms with Crippen LogP contribution < -0.4 is 0 Å². The van der Waals surface area contributed by atoms with Gasteiger partial charge in [0.1, 0.15) is 0 Å². The third-order valence-electron chi connectivity index (χ3n) is 2.85. The van der Waals surface area contributed by atoms with Gasteiger partial charge in [-0.2, -0.15) is 4.98 Å². The highest BCUT2D eigenvalue weighted by atomic mass is 16.3. The fraction of sp³-hybridized carbons (Fsp3) is 0.143. The van der Waals surface area contributed by atoms with E-state index in [1.807, 2.05) is 12.1 Å². The lowest BCUT2D eigenvalue weighted by molar-refractivity contribution is 0.602. The Morgan fingerprint density at radius 2 is 1.88 bits per heavy atom. The maximum Gasteiger partial charge on any atom is 0.199 e. The Labute approximate surface area is 99.1 Å². The van der Waals surface area contributed by atoms with Crippen molar-refractivity contribution in [3.05, 3.63) is 48.4 Å². The van der Waals surface area contributed by atoms with Crippen molar-refractivity contribution in [1.29, 1.82) is 0 Å². The molecule has 3 rings (SSSR count). The Morgan fingerprint density at radius 3 is 2.65 bits per heavy atom. The van der Waals surface area contributed by atoms with Gasteiger partial charge in [-0.3, -0.25) is 0 Å². The van der Waals surface area contributed by atoms with E-state index >= 15 is 0 Å². The van der Waals surface area contributed by atoms with Gasteiger partial charge in [0.05, 0.1) is 5.69 Å². The molecule has 0 bridgehead atoms. The number of pyridine rings is 1. The summed E-state index contributed by atoms with van der Waals surface area (Å²) in [6.45, 7) is 2.15. The van der Waals surface area contributed by atoms with Crippen molar-refractivity contribution in [2.24, 2.45) is 0 Å². The smallest absolute Gasteiger partial charge is 0.199 e. The van der Waals surface area contributed by atoms with Crippen molar-refractivity contribution in [3.8, 4) is 11.3 Å². The summed E-state index contributed by atoms with van der Waals surface area (Å²) in [6.07, 6.45) is 2.47. The van der Waals surface area contributed by atoms with Crippen LogP contribution in [0.2, 0.25) is 0 Å². The Bertz CT molecular complexity index is 641. The maximum absolute atomic E-state index is 5.17.